The Balaban J connectivity index is 3.42. The molecular weight excluding hydrogens is 276 g/mol. The highest BCUT2D eigenvalue weighted by Gasteiger charge is 1.99. The van der Waals surface area contributed by atoms with Gasteiger partial charge in [0.05, 0.1) is 12.9 Å². The molecule has 0 aromatic carbocycles. The quantitative estimate of drug-likeness (QED) is 0.189. The summed E-state index contributed by atoms with van der Waals surface area (Å²) in [6.07, 6.45) is 18.5. The molecule has 0 saturated heterocycles. The lowest BCUT2D eigenvalue weighted by Crippen LogP contribution is -1.99. The zero-order valence-electron chi connectivity index (χ0n) is 14.5. The van der Waals surface area contributed by atoms with Crippen LogP contribution in [0.1, 0.15) is 84.0 Å². The zero-order chi connectivity index (χ0) is 16.5. The van der Waals surface area contributed by atoms with E-state index < -0.39 is 0 Å². The van der Waals surface area contributed by atoms with E-state index in [-0.39, 0.29) is 5.97 Å². The Labute approximate surface area is 136 Å². The van der Waals surface area contributed by atoms with Gasteiger partial charge >= 0.3 is 5.97 Å². The molecule has 0 saturated carbocycles. The Morgan fingerprint density at radius 1 is 0.955 bits per heavy atom. The number of aliphatic hydroxyl groups excluding tert-OH is 1. The van der Waals surface area contributed by atoms with Gasteiger partial charge in [0, 0.05) is 12.8 Å². The highest BCUT2D eigenvalue weighted by molar-refractivity contribution is 5.68. The van der Waals surface area contributed by atoms with Crippen molar-refractivity contribution in [3.63, 3.8) is 0 Å². The SMILES string of the molecule is CCCCC/C=C\C/C=C(/O)CCCCCCCC(=O)OC. The molecule has 0 aliphatic rings. The number of allylic oxidation sites excluding steroid dienone is 4. The van der Waals surface area contributed by atoms with Crippen LogP contribution in [0.3, 0.4) is 0 Å². The van der Waals surface area contributed by atoms with Crippen molar-refractivity contribution < 1.29 is 14.6 Å². The summed E-state index contributed by atoms with van der Waals surface area (Å²) in [7, 11) is 1.43. The first-order valence-corrected chi connectivity index (χ1v) is 8.80. The number of carbonyl (C=O) groups excluding carboxylic acids is 1. The van der Waals surface area contributed by atoms with E-state index in [9.17, 15) is 9.90 Å². The van der Waals surface area contributed by atoms with Crippen LogP contribution in [-0.2, 0) is 9.53 Å². The van der Waals surface area contributed by atoms with E-state index >= 15 is 0 Å². The van der Waals surface area contributed by atoms with Crippen molar-refractivity contribution in [2.75, 3.05) is 7.11 Å². The summed E-state index contributed by atoms with van der Waals surface area (Å²) in [5.74, 6) is 0.385. The third kappa shape index (κ3) is 15.1. The van der Waals surface area contributed by atoms with Crippen molar-refractivity contribution in [2.24, 2.45) is 0 Å². The standard InChI is InChI=1S/C19H34O3/c1-3-4-5-6-7-9-12-15-18(20)16-13-10-8-11-14-17-19(21)22-2/h7,9,15,20H,3-6,8,10-14,16-17H2,1-2H3/b9-7-,18-15+. The van der Waals surface area contributed by atoms with Crippen molar-refractivity contribution in [2.45, 2.75) is 84.0 Å². The predicted molar refractivity (Wildman–Crippen MR) is 92.9 cm³/mol. The second kappa shape index (κ2) is 16.1. The van der Waals surface area contributed by atoms with E-state index in [0.29, 0.717) is 12.2 Å². The predicted octanol–water partition coefficient (Wildman–Crippen LogP) is 5.86. The molecule has 0 spiro atoms. The van der Waals surface area contributed by atoms with E-state index in [2.05, 4.69) is 23.8 Å². The van der Waals surface area contributed by atoms with Crippen LogP contribution in [-0.4, -0.2) is 18.2 Å². The van der Waals surface area contributed by atoms with Crippen molar-refractivity contribution in [1.82, 2.24) is 0 Å². The topological polar surface area (TPSA) is 46.5 Å². The highest BCUT2D eigenvalue weighted by atomic mass is 16.5. The number of hydrogen-bond donors (Lipinski definition) is 1. The van der Waals surface area contributed by atoms with Crippen molar-refractivity contribution in [3.05, 3.63) is 24.0 Å². The molecule has 0 amide bonds. The number of carbonyl (C=O) groups is 1. The fourth-order valence-electron chi connectivity index (χ4n) is 2.24. The Bertz CT molecular complexity index is 319. The smallest absolute Gasteiger partial charge is 0.305 e. The Kier molecular flexibility index (Phi) is 15.2. The second-order valence-electron chi connectivity index (χ2n) is 5.74. The van der Waals surface area contributed by atoms with Crippen LogP contribution in [0.15, 0.2) is 24.0 Å². The molecule has 0 fully saturated rings. The highest BCUT2D eigenvalue weighted by Crippen LogP contribution is 2.11. The lowest BCUT2D eigenvalue weighted by molar-refractivity contribution is -0.140. The molecular formula is C19H34O3. The third-order valence-corrected chi connectivity index (χ3v) is 3.67. The van der Waals surface area contributed by atoms with Gasteiger partial charge in [0.25, 0.3) is 0 Å². The van der Waals surface area contributed by atoms with Crippen molar-refractivity contribution in [1.29, 1.82) is 0 Å². The summed E-state index contributed by atoms with van der Waals surface area (Å²) in [6.45, 7) is 2.21. The maximum Gasteiger partial charge on any atom is 0.305 e. The number of hydrogen-bond acceptors (Lipinski definition) is 3. The summed E-state index contributed by atoms with van der Waals surface area (Å²) in [5.41, 5.74) is 0. The molecule has 0 aromatic rings. The number of aliphatic hydroxyl groups is 1. The Hall–Kier alpha value is -1.25. The fraction of sp³-hybridized carbons (Fsp3) is 0.737. The summed E-state index contributed by atoms with van der Waals surface area (Å²) < 4.78 is 4.60. The van der Waals surface area contributed by atoms with E-state index in [1.54, 1.807) is 0 Å². The number of ether oxygens (including phenoxy) is 1. The van der Waals surface area contributed by atoms with Gasteiger partial charge in [-0.1, -0.05) is 51.2 Å². The maximum absolute atomic E-state index is 10.9. The molecule has 0 aliphatic carbocycles. The first-order chi connectivity index (χ1) is 10.7. The maximum atomic E-state index is 10.9. The van der Waals surface area contributed by atoms with Crippen LogP contribution >= 0.6 is 0 Å². The monoisotopic (exact) mass is 310 g/mol. The van der Waals surface area contributed by atoms with Crippen LogP contribution in [0.2, 0.25) is 0 Å². The number of esters is 1. The molecule has 0 aliphatic heterocycles. The Morgan fingerprint density at radius 3 is 2.32 bits per heavy atom. The number of methoxy groups -OCH3 is 1. The van der Waals surface area contributed by atoms with Crippen LogP contribution in [0.5, 0.6) is 0 Å². The average molecular weight is 310 g/mol. The molecule has 128 valence electrons. The second-order valence-corrected chi connectivity index (χ2v) is 5.74. The van der Waals surface area contributed by atoms with Gasteiger partial charge in [0.1, 0.15) is 0 Å². The van der Waals surface area contributed by atoms with E-state index in [0.717, 1.165) is 51.4 Å². The minimum atomic E-state index is -0.122. The average Bonchev–Trinajstić information content (AvgIpc) is 2.52. The normalized spacial score (nSPS) is 12.0. The molecule has 3 heteroatoms. The van der Waals surface area contributed by atoms with Gasteiger partial charge in [-0.3, -0.25) is 4.79 Å². The van der Waals surface area contributed by atoms with Gasteiger partial charge in [0.15, 0.2) is 0 Å². The van der Waals surface area contributed by atoms with E-state index in [4.69, 9.17) is 0 Å². The van der Waals surface area contributed by atoms with E-state index in [1.807, 2.05) is 6.08 Å². The molecule has 1 N–H and O–H groups in total. The molecule has 0 atom stereocenters. The first kappa shape index (κ1) is 20.8. The van der Waals surface area contributed by atoms with Gasteiger partial charge in [-0.25, -0.2) is 0 Å². The van der Waals surface area contributed by atoms with Gasteiger partial charge in [0.2, 0.25) is 0 Å². The lowest BCUT2D eigenvalue weighted by atomic mass is 10.1. The number of rotatable bonds is 14. The third-order valence-electron chi connectivity index (χ3n) is 3.67. The van der Waals surface area contributed by atoms with Gasteiger partial charge in [-0.2, -0.15) is 0 Å². The van der Waals surface area contributed by atoms with Gasteiger partial charge < -0.3 is 9.84 Å². The minimum Gasteiger partial charge on any atom is -0.513 e. The molecule has 3 nitrogen and oxygen atoms in total. The summed E-state index contributed by atoms with van der Waals surface area (Å²) in [4.78, 5) is 10.9. The molecule has 0 rings (SSSR count). The molecule has 0 heterocycles. The van der Waals surface area contributed by atoms with Crippen LogP contribution in [0.25, 0.3) is 0 Å². The summed E-state index contributed by atoms with van der Waals surface area (Å²) >= 11 is 0. The molecule has 22 heavy (non-hydrogen) atoms. The molecule has 0 bridgehead atoms. The zero-order valence-corrected chi connectivity index (χ0v) is 14.5. The van der Waals surface area contributed by atoms with E-state index in [1.165, 1.54) is 26.4 Å². The van der Waals surface area contributed by atoms with Gasteiger partial charge in [-0.15, -0.1) is 0 Å². The van der Waals surface area contributed by atoms with Crippen LogP contribution < -0.4 is 0 Å². The first-order valence-electron chi connectivity index (χ1n) is 8.80. The number of unbranched alkanes of at least 4 members (excludes halogenated alkanes) is 7. The van der Waals surface area contributed by atoms with Crippen LogP contribution in [0, 0.1) is 0 Å². The fourth-order valence-corrected chi connectivity index (χ4v) is 2.24. The van der Waals surface area contributed by atoms with Crippen molar-refractivity contribution in [3.8, 4) is 0 Å². The summed E-state index contributed by atoms with van der Waals surface area (Å²) in [5, 5.41) is 9.76. The van der Waals surface area contributed by atoms with Crippen molar-refractivity contribution >= 4 is 5.97 Å². The molecule has 0 radical (unpaired) electrons. The minimum absolute atomic E-state index is 0.122. The summed E-state index contributed by atoms with van der Waals surface area (Å²) in [6, 6.07) is 0. The molecule has 0 unspecified atom stereocenters. The Morgan fingerprint density at radius 2 is 1.64 bits per heavy atom. The van der Waals surface area contributed by atoms with Crippen LogP contribution in [0.4, 0.5) is 0 Å². The largest absolute Gasteiger partial charge is 0.513 e. The van der Waals surface area contributed by atoms with Gasteiger partial charge in [-0.05, 0) is 38.2 Å². The molecule has 0 aromatic heterocycles. The lowest BCUT2D eigenvalue weighted by Gasteiger charge is -2.02.